The smallest absolute Gasteiger partial charge is 0.444 e. The highest BCUT2D eigenvalue weighted by molar-refractivity contribution is 6.56. The molecule has 3 N–H and O–H groups in total. The Morgan fingerprint density at radius 2 is 1.89 bits per heavy atom. The summed E-state index contributed by atoms with van der Waals surface area (Å²) >= 11 is 5.94. The van der Waals surface area contributed by atoms with Gasteiger partial charge in [-0.25, -0.2) is 14.8 Å². The Kier molecular flexibility index (Phi) is 6.32. The van der Waals surface area contributed by atoms with Crippen LogP contribution in [0.25, 0.3) is 6.08 Å². The standard InChI is InChI=1S/C18H28BClN4O4/c1-16(2,3)26-15(25)23-9-11(8-12-14(21)22-10-13(20)24-12)19-27-17(4,5)18(6,7)28-19/h8,10H,9H2,1-7H3,(H2,21,22)(H,23,25). The van der Waals surface area contributed by atoms with Gasteiger partial charge < -0.3 is 25.1 Å². The molecule has 0 unspecified atom stereocenters. The van der Waals surface area contributed by atoms with E-state index in [1.54, 1.807) is 26.8 Å². The lowest BCUT2D eigenvalue weighted by atomic mass is 9.77. The monoisotopic (exact) mass is 410 g/mol. The number of rotatable bonds is 4. The van der Waals surface area contributed by atoms with Crippen molar-refractivity contribution < 1.29 is 18.8 Å². The Morgan fingerprint density at radius 3 is 2.43 bits per heavy atom. The van der Waals surface area contributed by atoms with Crippen LogP contribution < -0.4 is 11.1 Å². The molecule has 154 valence electrons. The molecule has 10 heteroatoms. The van der Waals surface area contributed by atoms with E-state index < -0.39 is 30.0 Å². The van der Waals surface area contributed by atoms with Gasteiger partial charge in [-0.15, -0.1) is 0 Å². The number of ether oxygens (including phenoxy) is 1. The minimum atomic E-state index is -0.708. The SMILES string of the molecule is CC(C)(C)OC(=O)NCC(=Cc1nc(Cl)cnc1N)B1OC(C)(C)C(C)(C)O1. The van der Waals surface area contributed by atoms with E-state index in [-0.39, 0.29) is 17.5 Å². The number of hydrogen-bond donors (Lipinski definition) is 2. The van der Waals surface area contributed by atoms with Crippen molar-refractivity contribution in [2.24, 2.45) is 0 Å². The number of carbonyl (C=O) groups excluding carboxylic acids is 1. The molecule has 0 saturated carbocycles. The molecule has 8 nitrogen and oxygen atoms in total. The van der Waals surface area contributed by atoms with Gasteiger partial charge in [-0.1, -0.05) is 11.6 Å². The van der Waals surface area contributed by atoms with Crippen LogP contribution in [0.3, 0.4) is 0 Å². The summed E-state index contributed by atoms with van der Waals surface area (Å²) in [6.07, 6.45) is 2.47. The molecule has 0 aromatic carbocycles. The molecule has 1 amide bonds. The number of hydrogen-bond acceptors (Lipinski definition) is 7. The fourth-order valence-corrected chi connectivity index (χ4v) is 2.50. The van der Waals surface area contributed by atoms with Gasteiger partial charge in [0.25, 0.3) is 0 Å². The maximum absolute atomic E-state index is 12.1. The molecule has 1 saturated heterocycles. The maximum atomic E-state index is 12.1. The molecule has 1 aromatic heterocycles. The van der Waals surface area contributed by atoms with Crippen LogP contribution in [0.4, 0.5) is 10.6 Å². The summed E-state index contributed by atoms with van der Waals surface area (Å²) in [4.78, 5) is 20.3. The molecule has 0 aliphatic carbocycles. The number of carbonyl (C=O) groups is 1. The number of alkyl carbamates (subject to hydrolysis) is 1. The summed E-state index contributed by atoms with van der Waals surface area (Å²) in [5.74, 6) is 0.204. The third-order valence-corrected chi connectivity index (χ3v) is 4.70. The Bertz CT molecular complexity index is 761. The number of anilines is 1. The second kappa shape index (κ2) is 7.89. The fraction of sp³-hybridized carbons (Fsp3) is 0.611. The van der Waals surface area contributed by atoms with Crippen LogP contribution in [0, 0.1) is 0 Å². The van der Waals surface area contributed by atoms with E-state index in [9.17, 15) is 4.79 Å². The maximum Gasteiger partial charge on any atom is 0.492 e. The van der Waals surface area contributed by atoms with Crippen LogP contribution in [0.5, 0.6) is 0 Å². The van der Waals surface area contributed by atoms with E-state index in [2.05, 4.69) is 15.3 Å². The first kappa shape index (κ1) is 22.5. The van der Waals surface area contributed by atoms with E-state index in [1.165, 1.54) is 6.20 Å². The van der Waals surface area contributed by atoms with Gasteiger partial charge in [0.15, 0.2) is 0 Å². The normalized spacial score (nSPS) is 18.9. The predicted octanol–water partition coefficient (Wildman–Crippen LogP) is 3.25. The first-order valence-corrected chi connectivity index (χ1v) is 9.39. The molecular weight excluding hydrogens is 382 g/mol. The predicted molar refractivity (Wildman–Crippen MR) is 110 cm³/mol. The fourth-order valence-electron chi connectivity index (χ4n) is 2.36. The summed E-state index contributed by atoms with van der Waals surface area (Å²) in [7, 11) is -0.708. The van der Waals surface area contributed by atoms with Crippen LogP contribution >= 0.6 is 11.6 Å². The highest BCUT2D eigenvalue weighted by Crippen LogP contribution is 2.38. The lowest BCUT2D eigenvalue weighted by molar-refractivity contribution is 0.00578. The minimum absolute atomic E-state index is 0.110. The first-order valence-electron chi connectivity index (χ1n) is 9.01. The van der Waals surface area contributed by atoms with Gasteiger partial charge in [0.2, 0.25) is 0 Å². The zero-order chi connectivity index (χ0) is 21.3. The molecule has 1 aromatic rings. The van der Waals surface area contributed by atoms with E-state index in [4.69, 9.17) is 31.4 Å². The molecule has 0 atom stereocenters. The third kappa shape index (κ3) is 5.59. The van der Waals surface area contributed by atoms with Crippen molar-refractivity contribution in [1.29, 1.82) is 0 Å². The average molecular weight is 411 g/mol. The van der Waals surface area contributed by atoms with Crippen molar-refractivity contribution >= 4 is 36.7 Å². The van der Waals surface area contributed by atoms with Crippen molar-refractivity contribution in [3.8, 4) is 0 Å². The number of nitrogens with zero attached hydrogens (tertiary/aromatic N) is 2. The molecule has 1 aliphatic rings. The molecule has 1 aliphatic heterocycles. The van der Waals surface area contributed by atoms with Crippen molar-refractivity contribution in [3.63, 3.8) is 0 Å². The topological polar surface area (TPSA) is 109 Å². The lowest BCUT2D eigenvalue weighted by Gasteiger charge is -2.32. The number of nitrogens with two attached hydrogens (primary N) is 1. The van der Waals surface area contributed by atoms with E-state index in [0.29, 0.717) is 11.2 Å². The van der Waals surface area contributed by atoms with Gasteiger partial charge in [0.05, 0.1) is 17.4 Å². The average Bonchev–Trinajstić information content (AvgIpc) is 2.73. The summed E-state index contributed by atoms with van der Waals surface area (Å²) in [6.45, 7) is 13.3. The highest BCUT2D eigenvalue weighted by atomic mass is 35.5. The summed E-state index contributed by atoms with van der Waals surface area (Å²) in [6, 6.07) is 0. The quantitative estimate of drug-likeness (QED) is 0.733. The Morgan fingerprint density at radius 1 is 1.32 bits per heavy atom. The van der Waals surface area contributed by atoms with Crippen molar-refractivity contribution in [2.45, 2.75) is 65.3 Å². The molecule has 0 spiro atoms. The van der Waals surface area contributed by atoms with Crippen LogP contribution in [-0.2, 0) is 14.0 Å². The van der Waals surface area contributed by atoms with Crippen LogP contribution in [0.15, 0.2) is 11.7 Å². The second-order valence-electron chi connectivity index (χ2n) is 8.63. The number of aromatic nitrogens is 2. The molecular formula is C18H28BClN4O4. The van der Waals surface area contributed by atoms with Crippen LogP contribution in [-0.4, -0.2) is 46.5 Å². The van der Waals surface area contributed by atoms with Gasteiger partial charge in [-0.2, -0.15) is 0 Å². The van der Waals surface area contributed by atoms with Gasteiger partial charge in [0, 0.05) is 6.54 Å². The van der Waals surface area contributed by atoms with Crippen molar-refractivity contribution in [2.75, 3.05) is 12.3 Å². The van der Waals surface area contributed by atoms with Gasteiger partial charge in [-0.05, 0) is 60.0 Å². The molecule has 0 bridgehead atoms. The molecule has 2 heterocycles. The summed E-state index contributed by atoms with van der Waals surface area (Å²) in [5.41, 5.74) is 5.18. The largest absolute Gasteiger partial charge is 0.492 e. The molecule has 2 rings (SSSR count). The van der Waals surface area contributed by atoms with E-state index in [1.807, 2.05) is 27.7 Å². The number of halogens is 1. The lowest BCUT2D eigenvalue weighted by Crippen LogP contribution is -2.41. The van der Waals surface area contributed by atoms with Gasteiger partial charge in [0.1, 0.15) is 22.3 Å². The molecule has 0 radical (unpaired) electrons. The van der Waals surface area contributed by atoms with E-state index in [0.717, 1.165) is 0 Å². The zero-order valence-electron chi connectivity index (χ0n) is 17.4. The summed E-state index contributed by atoms with van der Waals surface area (Å²) < 4.78 is 17.5. The highest BCUT2D eigenvalue weighted by Gasteiger charge is 2.52. The number of nitrogen functional groups attached to an aromatic ring is 1. The van der Waals surface area contributed by atoms with Crippen LogP contribution in [0.2, 0.25) is 5.15 Å². The van der Waals surface area contributed by atoms with Gasteiger partial charge in [-0.3, -0.25) is 0 Å². The van der Waals surface area contributed by atoms with Gasteiger partial charge >= 0.3 is 13.2 Å². The number of nitrogens with one attached hydrogen (secondary N) is 1. The van der Waals surface area contributed by atoms with Crippen LogP contribution in [0.1, 0.15) is 54.2 Å². The van der Waals surface area contributed by atoms with E-state index >= 15 is 0 Å². The second-order valence-corrected chi connectivity index (χ2v) is 9.01. The Labute approximate surface area is 171 Å². The zero-order valence-corrected chi connectivity index (χ0v) is 18.2. The third-order valence-electron chi connectivity index (χ3n) is 4.51. The van der Waals surface area contributed by atoms with Crippen molar-refractivity contribution in [3.05, 3.63) is 22.5 Å². The Hall–Kier alpha value is -1.84. The first-order chi connectivity index (χ1) is 12.7. The molecule has 1 fully saturated rings. The summed E-state index contributed by atoms with van der Waals surface area (Å²) in [5, 5.41) is 2.92. The minimum Gasteiger partial charge on any atom is -0.444 e. The molecule has 28 heavy (non-hydrogen) atoms. The van der Waals surface area contributed by atoms with Crippen molar-refractivity contribution in [1.82, 2.24) is 15.3 Å². The number of amides is 1. The Balaban J connectivity index is 2.30.